The van der Waals surface area contributed by atoms with Gasteiger partial charge in [-0.1, -0.05) is 27.7 Å². The van der Waals surface area contributed by atoms with Gasteiger partial charge in [0, 0.05) is 12.6 Å². The number of piperidine rings is 1. The van der Waals surface area contributed by atoms with Gasteiger partial charge >= 0.3 is 0 Å². The maximum Gasteiger partial charge on any atom is 0.143 e. The Morgan fingerprint density at radius 3 is 2.40 bits per heavy atom. The third kappa shape index (κ3) is 2.51. The van der Waals surface area contributed by atoms with Crippen LogP contribution < -0.4 is 11.1 Å². The maximum atomic E-state index is 14.9. The molecule has 0 aromatic rings. The van der Waals surface area contributed by atoms with E-state index in [1.807, 2.05) is 20.8 Å². The minimum atomic E-state index is -1.30. The molecule has 2 nitrogen and oxygen atoms in total. The highest BCUT2D eigenvalue weighted by atomic mass is 19.1. The lowest BCUT2D eigenvalue weighted by atomic mass is 9.70. The highest BCUT2D eigenvalue weighted by molar-refractivity contribution is 5.03. The van der Waals surface area contributed by atoms with E-state index < -0.39 is 11.1 Å². The van der Waals surface area contributed by atoms with Gasteiger partial charge in [0.2, 0.25) is 0 Å². The molecule has 15 heavy (non-hydrogen) atoms. The van der Waals surface area contributed by atoms with Crippen LogP contribution in [0.2, 0.25) is 0 Å². The van der Waals surface area contributed by atoms with Crippen LogP contribution in [0.4, 0.5) is 4.39 Å². The standard InChI is InChI=1S/C12H25FN2/c1-9-5-6-15-10(7-9)12(13,8-14)11(2,3)4/h9-10,15H,5-8,14H2,1-4H3. The summed E-state index contributed by atoms with van der Waals surface area (Å²) >= 11 is 0. The lowest BCUT2D eigenvalue weighted by molar-refractivity contribution is -0.0148. The Hall–Kier alpha value is -0.150. The number of alkyl halides is 1. The summed E-state index contributed by atoms with van der Waals surface area (Å²) in [7, 11) is 0. The summed E-state index contributed by atoms with van der Waals surface area (Å²) in [6.45, 7) is 8.99. The fourth-order valence-corrected chi connectivity index (χ4v) is 2.43. The minimum Gasteiger partial charge on any atom is -0.327 e. The number of nitrogens with one attached hydrogen (secondary N) is 1. The predicted octanol–water partition coefficient (Wildman–Crippen LogP) is 2.09. The molecule has 1 aliphatic rings. The smallest absolute Gasteiger partial charge is 0.143 e. The highest BCUT2D eigenvalue weighted by Gasteiger charge is 2.48. The van der Waals surface area contributed by atoms with Gasteiger partial charge in [-0.3, -0.25) is 0 Å². The first-order chi connectivity index (χ1) is 6.81. The van der Waals surface area contributed by atoms with E-state index in [0.29, 0.717) is 5.92 Å². The van der Waals surface area contributed by atoms with Crippen LogP contribution in [0.3, 0.4) is 0 Å². The van der Waals surface area contributed by atoms with E-state index >= 15 is 0 Å². The summed E-state index contributed by atoms with van der Waals surface area (Å²) in [6, 6.07) is -0.0914. The first-order valence-corrected chi connectivity index (χ1v) is 5.93. The summed E-state index contributed by atoms with van der Waals surface area (Å²) in [5.74, 6) is 0.597. The van der Waals surface area contributed by atoms with Crippen LogP contribution >= 0.6 is 0 Å². The highest BCUT2D eigenvalue weighted by Crippen LogP contribution is 2.39. The molecule has 3 heteroatoms. The Balaban J connectivity index is 2.81. The van der Waals surface area contributed by atoms with Crippen LogP contribution in [0.5, 0.6) is 0 Å². The molecule has 1 fully saturated rings. The average Bonchev–Trinajstić information content (AvgIpc) is 2.14. The molecule has 0 saturated carbocycles. The molecule has 0 amide bonds. The Kier molecular flexibility index (Phi) is 3.77. The van der Waals surface area contributed by atoms with Gasteiger partial charge in [-0.2, -0.15) is 0 Å². The van der Waals surface area contributed by atoms with Crippen molar-refractivity contribution in [3.8, 4) is 0 Å². The Morgan fingerprint density at radius 2 is 2.00 bits per heavy atom. The van der Waals surface area contributed by atoms with Gasteiger partial charge in [0.15, 0.2) is 0 Å². The van der Waals surface area contributed by atoms with Crippen molar-refractivity contribution in [3.63, 3.8) is 0 Å². The van der Waals surface area contributed by atoms with Crippen LogP contribution in [-0.2, 0) is 0 Å². The lowest BCUT2D eigenvalue weighted by Gasteiger charge is -2.46. The van der Waals surface area contributed by atoms with Crippen LogP contribution in [-0.4, -0.2) is 24.8 Å². The van der Waals surface area contributed by atoms with Gasteiger partial charge in [-0.25, -0.2) is 4.39 Å². The monoisotopic (exact) mass is 216 g/mol. The van der Waals surface area contributed by atoms with E-state index in [-0.39, 0.29) is 12.6 Å². The number of nitrogens with two attached hydrogens (primary N) is 1. The van der Waals surface area contributed by atoms with E-state index in [1.165, 1.54) is 0 Å². The average molecular weight is 216 g/mol. The van der Waals surface area contributed by atoms with Gasteiger partial charge in [-0.05, 0) is 30.7 Å². The zero-order valence-electron chi connectivity index (χ0n) is 10.4. The Labute approximate surface area is 92.8 Å². The second kappa shape index (κ2) is 4.38. The predicted molar refractivity (Wildman–Crippen MR) is 62.5 cm³/mol. The molecule has 1 rings (SSSR count). The van der Waals surface area contributed by atoms with Crippen LogP contribution in [0.15, 0.2) is 0 Å². The van der Waals surface area contributed by atoms with E-state index in [9.17, 15) is 4.39 Å². The van der Waals surface area contributed by atoms with Crippen molar-refractivity contribution in [1.29, 1.82) is 0 Å². The van der Waals surface area contributed by atoms with Crippen molar-refractivity contribution in [2.45, 2.75) is 52.2 Å². The summed E-state index contributed by atoms with van der Waals surface area (Å²) < 4.78 is 14.9. The molecule has 3 atom stereocenters. The van der Waals surface area contributed by atoms with Crippen molar-refractivity contribution in [2.24, 2.45) is 17.1 Å². The largest absolute Gasteiger partial charge is 0.327 e. The van der Waals surface area contributed by atoms with Gasteiger partial charge in [-0.15, -0.1) is 0 Å². The quantitative estimate of drug-likeness (QED) is 0.741. The second-order valence-corrected chi connectivity index (χ2v) is 5.95. The molecule has 3 N–H and O–H groups in total. The van der Waals surface area contributed by atoms with E-state index in [0.717, 1.165) is 19.4 Å². The number of rotatable bonds is 2. The zero-order chi connectivity index (χ0) is 11.7. The van der Waals surface area contributed by atoms with E-state index in [1.54, 1.807) is 0 Å². The molecule has 0 aliphatic carbocycles. The van der Waals surface area contributed by atoms with Crippen molar-refractivity contribution >= 4 is 0 Å². The molecule has 1 aliphatic heterocycles. The third-order valence-corrected chi connectivity index (χ3v) is 3.76. The van der Waals surface area contributed by atoms with Crippen LogP contribution in [0.1, 0.15) is 40.5 Å². The molecule has 0 bridgehead atoms. The van der Waals surface area contributed by atoms with Gasteiger partial charge in [0.05, 0.1) is 0 Å². The van der Waals surface area contributed by atoms with Crippen LogP contribution in [0, 0.1) is 11.3 Å². The van der Waals surface area contributed by atoms with Crippen molar-refractivity contribution in [2.75, 3.05) is 13.1 Å². The zero-order valence-corrected chi connectivity index (χ0v) is 10.4. The third-order valence-electron chi connectivity index (χ3n) is 3.76. The van der Waals surface area contributed by atoms with Gasteiger partial charge in [0.25, 0.3) is 0 Å². The second-order valence-electron chi connectivity index (χ2n) is 5.95. The van der Waals surface area contributed by atoms with Gasteiger partial charge in [0.1, 0.15) is 5.67 Å². The minimum absolute atomic E-state index is 0.0914. The first-order valence-electron chi connectivity index (χ1n) is 5.93. The summed E-state index contributed by atoms with van der Waals surface area (Å²) in [5, 5.41) is 3.29. The maximum absolute atomic E-state index is 14.9. The SMILES string of the molecule is CC1CCNC(C(F)(CN)C(C)(C)C)C1. The van der Waals surface area contributed by atoms with Crippen molar-refractivity contribution in [1.82, 2.24) is 5.32 Å². The normalized spacial score (nSPS) is 32.4. The fraction of sp³-hybridized carbons (Fsp3) is 1.00. The van der Waals surface area contributed by atoms with Crippen molar-refractivity contribution in [3.05, 3.63) is 0 Å². The molecular formula is C12H25FN2. The number of halogens is 1. The molecule has 90 valence electrons. The Bertz CT molecular complexity index is 212. The fourth-order valence-electron chi connectivity index (χ4n) is 2.43. The lowest BCUT2D eigenvalue weighted by Crippen LogP contribution is -2.61. The molecule has 0 aromatic carbocycles. The van der Waals surface area contributed by atoms with Gasteiger partial charge < -0.3 is 11.1 Å². The van der Waals surface area contributed by atoms with Crippen LogP contribution in [0.25, 0.3) is 0 Å². The first kappa shape index (κ1) is 12.9. The summed E-state index contributed by atoms with van der Waals surface area (Å²) in [5.41, 5.74) is 3.94. The molecule has 0 aromatic heterocycles. The molecule has 1 saturated heterocycles. The summed E-state index contributed by atoms with van der Waals surface area (Å²) in [6.07, 6.45) is 2.03. The number of hydrogen-bond acceptors (Lipinski definition) is 2. The van der Waals surface area contributed by atoms with E-state index in [2.05, 4.69) is 12.2 Å². The van der Waals surface area contributed by atoms with Crippen molar-refractivity contribution < 1.29 is 4.39 Å². The van der Waals surface area contributed by atoms with E-state index in [4.69, 9.17) is 5.73 Å². The topological polar surface area (TPSA) is 38.0 Å². The molecule has 0 spiro atoms. The Morgan fingerprint density at radius 1 is 1.40 bits per heavy atom. The molecule has 3 unspecified atom stereocenters. The molecule has 0 radical (unpaired) electrons. The number of hydrogen-bond donors (Lipinski definition) is 2. The summed E-state index contributed by atoms with van der Waals surface area (Å²) in [4.78, 5) is 0. The molecular weight excluding hydrogens is 191 g/mol. The molecule has 1 heterocycles.